The predicted molar refractivity (Wildman–Crippen MR) is 118 cm³/mol. The molecule has 8 heteroatoms. The molecule has 0 radical (unpaired) electrons. The molecule has 2 aromatic rings. The Morgan fingerprint density at radius 3 is 1.97 bits per heavy atom. The van der Waals surface area contributed by atoms with E-state index in [4.69, 9.17) is 4.74 Å². The van der Waals surface area contributed by atoms with E-state index < -0.39 is 10.0 Å². The molecule has 7 nitrogen and oxygen atoms in total. The van der Waals surface area contributed by atoms with E-state index in [-0.39, 0.29) is 19.1 Å². The number of amides is 2. The Morgan fingerprint density at radius 2 is 1.47 bits per heavy atom. The molecule has 2 aromatic carbocycles. The number of piperazine rings is 1. The Kier molecular flexibility index (Phi) is 6.38. The SMILES string of the molecule is COc1ccc(NC(=O)N2CCN(S(=O)(=O)c3c(C)c(C)cc(C)c3C)CC2)cc1. The molecule has 1 fully saturated rings. The molecule has 1 N–H and O–H groups in total. The zero-order valence-corrected chi connectivity index (χ0v) is 19.0. The predicted octanol–water partition coefficient (Wildman–Crippen LogP) is 3.47. The molecule has 1 heterocycles. The van der Waals surface area contributed by atoms with E-state index >= 15 is 0 Å². The van der Waals surface area contributed by atoms with Crippen molar-refractivity contribution >= 4 is 21.7 Å². The van der Waals surface area contributed by atoms with Gasteiger partial charge in [-0.2, -0.15) is 4.31 Å². The Balaban J connectivity index is 1.69. The van der Waals surface area contributed by atoms with Crippen LogP contribution in [0.25, 0.3) is 0 Å². The maximum absolute atomic E-state index is 13.4. The van der Waals surface area contributed by atoms with Gasteiger partial charge in [0.1, 0.15) is 5.75 Å². The van der Waals surface area contributed by atoms with E-state index in [1.165, 1.54) is 4.31 Å². The van der Waals surface area contributed by atoms with Gasteiger partial charge < -0.3 is 15.0 Å². The Bertz CT molecular complexity index is 1010. The summed E-state index contributed by atoms with van der Waals surface area (Å²) in [5.74, 6) is 0.712. The van der Waals surface area contributed by atoms with Crippen molar-refractivity contribution in [1.29, 1.82) is 0 Å². The average molecular weight is 432 g/mol. The highest BCUT2D eigenvalue weighted by Crippen LogP contribution is 2.29. The molecule has 0 aromatic heterocycles. The first-order chi connectivity index (χ1) is 14.1. The number of hydrogen-bond acceptors (Lipinski definition) is 4. The maximum atomic E-state index is 13.4. The number of anilines is 1. The van der Waals surface area contributed by atoms with Crippen molar-refractivity contribution in [3.05, 3.63) is 52.6 Å². The molecule has 0 bridgehead atoms. The minimum Gasteiger partial charge on any atom is -0.497 e. The first-order valence-corrected chi connectivity index (χ1v) is 11.4. The molecule has 0 atom stereocenters. The van der Waals surface area contributed by atoms with Crippen LogP contribution in [0, 0.1) is 27.7 Å². The van der Waals surface area contributed by atoms with Crippen molar-refractivity contribution in [2.75, 3.05) is 38.6 Å². The van der Waals surface area contributed by atoms with Crippen LogP contribution in [0.3, 0.4) is 0 Å². The molecule has 162 valence electrons. The van der Waals surface area contributed by atoms with E-state index in [9.17, 15) is 13.2 Å². The minimum absolute atomic E-state index is 0.240. The number of benzene rings is 2. The van der Waals surface area contributed by atoms with Gasteiger partial charge in [0.2, 0.25) is 10.0 Å². The lowest BCUT2D eigenvalue weighted by molar-refractivity contribution is 0.184. The highest BCUT2D eigenvalue weighted by Gasteiger charge is 2.32. The van der Waals surface area contributed by atoms with Crippen LogP contribution in [0.1, 0.15) is 22.3 Å². The third-order valence-electron chi connectivity index (χ3n) is 5.76. The van der Waals surface area contributed by atoms with Crippen molar-refractivity contribution in [3.63, 3.8) is 0 Å². The van der Waals surface area contributed by atoms with Crippen molar-refractivity contribution in [2.45, 2.75) is 32.6 Å². The van der Waals surface area contributed by atoms with Crippen LogP contribution in [0.4, 0.5) is 10.5 Å². The number of sulfonamides is 1. The van der Waals surface area contributed by atoms with E-state index in [1.807, 2.05) is 33.8 Å². The van der Waals surface area contributed by atoms with Crippen molar-refractivity contribution in [1.82, 2.24) is 9.21 Å². The van der Waals surface area contributed by atoms with E-state index in [0.717, 1.165) is 22.3 Å². The second kappa shape index (κ2) is 8.65. The zero-order valence-electron chi connectivity index (χ0n) is 18.2. The average Bonchev–Trinajstić information content (AvgIpc) is 2.73. The number of hydrogen-bond donors (Lipinski definition) is 1. The van der Waals surface area contributed by atoms with Gasteiger partial charge in [-0.3, -0.25) is 0 Å². The summed E-state index contributed by atoms with van der Waals surface area (Å²) in [5, 5.41) is 2.84. The lowest BCUT2D eigenvalue weighted by Gasteiger charge is -2.34. The van der Waals surface area contributed by atoms with Crippen LogP contribution < -0.4 is 10.1 Å². The van der Waals surface area contributed by atoms with Gasteiger partial charge in [-0.05, 0) is 74.2 Å². The highest BCUT2D eigenvalue weighted by atomic mass is 32.2. The second-order valence-corrected chi connectivity index (χ2v) is 9.51. The van der Waals surface area contributed by atoms with E-state index in [2.05, 4.69) is 5.32 Å². The van der Waals surface area contributed by atoms with Crippen LogP contribution in [-0.4, -0.2) is 56.9 Å². The number of carbonyl (C=O) groups excluding carboxylic acids is 1. The summed E-state index contributed by atoms with van der Waals surface area (Å²) in [6, 6.07) is 8.86. The molecule has 1 aliphatic heterocycles. The first-order valence-electron chi connectivity index (χ1n) is 9.92. The summed E-state index contributed by atoms with van der Waals surface area (Å²) in [7, 11) is -2.04. The molecule has 30 heavy (non-hydrogen) atoms. The molecular formula is C22H29N3O4S. The molecule has 0 saturated carbocycles. The van der Waals surface area contributed by atoms with Crippen molar-refractivity contribution in [3.8, 4) is 5.75 Å². The first kappa shape index (κ1) is 22.1. The van der Waals surface area contributed by atoms with Crippen LogP contribution in [0.5, 0.6) is 5.75 Å². The lowest BCUT2D eigenvalue weighted by Crippen LogP contribution is -2.51. The largest absolute Gasteiger partial charge is 0.497 e. The van der Waals surface area contributed by atoms with Gasteiger partial charge in [0.15, 0.2) is 0 Å². The number of methoxy groups -OCH3 is 1. The van der Waals surface area contributed by atoms with Gasteiger partial charge >= 0.3 is 6.03 Å². The van der Waals surface area contributed by atoms with Gasteiger partial charge in [-0.15, -0.1) is 0 Å². The quantitative estimate of drug-likeness (QED) is 0.804. The molecule has 0 unspecified atom stereocenters. The van der Waals surface area contributed by atoms with Gasteiger partial charge in [0.05, 0.1) is 12.0 Å². The Hall–Kier alpha value is -2.58. The van der Waals surface area contributed by atoms with Gasteiger partial charge in [0, 0.05) is 31.9 Å². The Morgan fingerprint density at radius 1 is 0.933 bits per heavy atom. The Labute approximate surface area is 178 Å². The summed E-state index contributed by atoms with van der Waals surface area (Å²) < 4.78 is 33.3. The maximum Gasteiger partial charge on any atom is 0.321 e. The second-order valence-electron chi connectivity index (χ2n) is 7.64. The lowest BCUT2D eigenvalue weighted by atomic mass is 10.0. The molecule has 0 spiro atoms. The van der Waals surface area contributed by atoms with Gasteiger partial charge in [-0.1, -0.05) is 6.07 Å². The van der Waals surface area contributed by atoms with Crippen LogP contribution in [0.2, 0.25) is 0 Å². The fourth-order valence-electron chi connectivity index (χ4n) is 3.71. The molecule has 2 amide bonds. The summed E-state index contributed by atoms with van der Waals surface area (Å²) in [5.41, 5.74) is 4.18. The number of nitrogens with one attached hydrogen (secondary N) is 1. The summed E-state index contributed by atoms with van der Waals surface area (Å²) in [6.07, 6.45) is 0. The normalized spacial score (nSPS) is 15.2. The number of urea groups is 1. The fourth-order valence-corrected chi connectivity index (χ4v) is 5.70. The molecule has 3 rings (SSSR count). The number of ether oxygens (including phenoxy) is 1. The smallest absolute Gasteiger partial charge is 0.321 e. The molecule has 0 aliphatic carbocycles. The fraction of sp³-hybridized carbons (Fsp3) is 0.409. The van der Waals surface area contributed by atoms with Gasteiger partial charge in [-0.25, -0.2) is 13.2 Å². The minimum atomic E-state index is -3.62. The van der Waals surface area contributed by atoms with Crippen molar-refractivity contribution < 1.29 is 17.9 Å². The third-order valence-corrected chi connectivity index (χ3v) is 7.94. The summed E-state index contributed by atoms with van der Waals surface area (Å²) >= 11 is 0. The van der Waals surface area contributed by atoms with E-state index in [0.29, 0.717) is 29.4 Å². The third kappa shape index (κ3) is 4.29. The van der Waals surface area contributed by atoms with Crippen LogP contribution in [0.15, 0.2) is 35.2 Å². The zero-order chi connectivity index (χ0) is 22.1. The molecule has 1 saturated heterocycles. The van der Waals surface area contributed by atoms with Crippen molar-refractivity contribution in [2.24, 2.45) is 0 Å². The highest BCUT2D eigenvalue weighted by molar-refractivity contribution is 7.89. The standard InChI is InChI=1S/C22H29N3O4S/c1-15-14-16(2)18(4)21(17(15)3)30(27,28)25-12-10-24(11-13-25)22(26)23-19-6-8-20(29-5)9-7-19/h6-9,14H,10-13H2,1-5H3,(H,23,26). The monoisotopic (exact) mass is 431 g/mol. The number of nitrogens with zero attached hydrogens (tertiary/aromatic N) is 2. The molecular weight excluding hydrogens is 402 g/mol. The summed E-state index contributed by atoms with van der Waals surface area (Å²) in [6.45, 7) is 8.79. The molecule has 1 aliphatic rings. The summed E-state index contributed by atoms with van der Waals surface area (Å²) in [4.78, 5) is 14.6. The van der Waals surface area contributed by atoms with Crippen LogP contribution in [-0.2, 0) is 10.0 Å². The number of aryl methyl sites for hydroxylation is 2. The number of carbonyl (C=O) groups is 1. The van der Waals surface area contributed by atoms with Crippen LogP contribution >= 0.6 is 0 Å². The number of rotatable bonds is 4. The topological polar surface area (TPSA) is 79.0 Å². The van der Waals surface area contributed by atoms with Gasteiger partial charge in [0.25, 0.3) is 0 Å². The van der Waals surface area contributed by atoms with E-state index in [1.54, 1.807) is 36.3 Å².